The zero-order chi connectivity index (χ0) is 20.0. The van der Waals surface area contributed by atoms with Crippen LogP contribution in [-0.2, 0) is 9.53 Å². The maximum Gasteiger partial charge on any atom is 0.339 e. The summed E-state index contributed by atoms with van der Waals surface area (Å²) in [6.07, 6.45) is 15.0. The number of ether oxygens (including phenoxy) is 1. The third-order valence-corrected chi connectivity index (χ3v) is 4.38. The molecule has 0 spiro atoms. The van der Waals surface area contributed by atoms with Crippen LogP contribution in [0.25, 0.3) is 0 Å². The van der Waals surface area contributed by atoms with Gasteiger partial charge in [0.1, 0.15) is 0 Å². The van der Waals surface area contributed by atoms with Gasteiger partial charge in [-0.15, -0.1) is 36.4 Å². The molecule has 0 aromatic rings. The third kappa shape index (κ3) is 18.4. The van der Waals surface area contributed by atoms with Gasteiger partial charge in [-0.25, -0.2) is 4.79 Å². The molecule has 0 heterocycles. The van der Waals surface area contributed by atoms with Crippen LogP contribution in [0.2, 0.25) is 0 Å². The van der Waals surface area contributed by atoms with Crippen molar-refractivity contribution in [3.63, 3.8) is 0 Å². The normalized spacial score (nSPS) is 10.0. The number of carbonyl (C=O) groups is 1. The number of rotatable bonds is 11. The number of aliphatic hydroxyl groups is 1. The minimum Gasteiger partial charge on any atom is -0.467 e. The molecule has 0 rings (SSSR count). The molecule has 142 valence electrons. The van der Waals surface area contributed by atoms with E-state index in [1.54, 1.807) is 12.4 Å². The Bertz CT molecular complexity index is 398. The number of hydrogen-bond donors (Lipinski definition) is 3. The van der Waals surface area contributed by atoms with Gasteiger partial charge in [-0.1, -0.05) is 25.3 Å². The van der Waals surface area contributed by atoms with Gasteiger partial charge < -0.3 is 20.5 Å². The average Bonchev–Trinajstić information content (AvgIpc) is 2.64. The van der Waals surface area contributed by atoms with Crippen molar-refractivity contribution in [2.45, 2.75) is 19.4 Å². The van der Waals surface area contributed by atoms with Gasteiger partial charge in [0.05, 0.1) is 13.8 Å². The SMILES string of the molecule is C#C.C/C=C\SCC(O)(CS/C=C\C)C(=O)OC.C=CNCNC=C. The first-order valence-corrected chi connectivity index (χ1v) is 9.40. The van der Waals surface area contributed by atoms with Gasteiger partial charge >= 0.3 is 5.97 Å². The first kappa shape index (κ1) is 28.1. The van der Waals surface area contributed by atoms with Crippen molar-refractivity contribution < 1.29 is 14.6 Å². The highest BCUT2D eigenvalue weighted by atomic mass is 32.2. The van der Waals surface area contributed by atoms with Crippen LogP contribution in [0.3, 0.4) is 0 Å². The molecule has 0 saturated carbocycles. The third-order valence-electron chi connectivity index (χ3n) is 2.17. The molecule has 0 unspecified atom stereocenters. The Morgan fingerprint density at radius 2 is 1.52 bits per heavy atom. The highest BCUT2D eigenvalue weighted by Gasteiger charge is 2.36. The van der Waals surface area contributed by atoms with Gasteiger partial charge in [-0.3, -0.25) is 0 Å². The second-order valence-corrected chi connectivity index (χ2v) is 5.87. The molecule has 5 nitrogen and oxygen atoms in total. The molecule has 0 aliphatic rings. The lowest BCUT2D eigenvalue weighted by molar-refractivity contribution is -0.157. The number of carbonyl (C=O) groups excluding carboxylic acids is 1. The first-order chi connectivity index (χ1) is 12.0. The topological polar surface area (TPSA) is 70.6 Å². The van der Waals surface area contributed by atoms with E-state index in [9.17, 15) is 9.90 Å². The van der Waals surface area contributed by atoms with Gasteiger partial charge in [0, 0.05) is 11.5 Å². The van der Waals surface area contributed by atoms with Crippen LogP contribution in [-0.4, -0.2) is 42.0 Å². The molecule has 25 heavy (non-hydrogen) atoms. The number of thioether (sulfide) groups is 2. The maximum atomic E-state index is 11.5. The predicted octanol–water partition coefficient (Wildman–Crippen LogP) is 3.08. The van der Waals surface area contributed by atoms with Gasteiger partial charge in [0.2, 0.25) is 0 Å². The summed E-state index contributed by atoms with van der Waals surface area (Å²) >= 11 is 2.79. The van der Waals surface area contributed by atoms with Gasteiger partial charge in [0.25, 0.3) is 0 Å². The number of terminal acetylenes is 1. The van der Waals surface area contributed by atoms with E-state index in [0.29, 0.717) is 18.2 Å². The minimum absolute atomic E-state index is 0.300. The molecule has 0 aromatic carbocycles. The Morgan fingerprint density at radius 3 is 1.80 bits per heavy atom. The lowest BCUT2D eigenvalue weighted by Crippen LogP contribution is -2.44. The number of esters is 1. The Morgan fingerprint density at radius 1 is 1.12 bits per heavy atom. The largest absolute Gasteiger partial charge is 0.467 e. The summed E-state index contributed by atoms with van der Waals surface area (Å²) < 4.78 is 4.61. The fourth-order valence-electron chi connectivity index (χ4n) is 1.12. The van der Waals surface area contributed by atoms with Crippen LogP contribution in [0.5, 0.6) is 0 Å². The van der Waals surface area contributed by atoms with Crippen molar-refractivity contribution in [3.05, 3.63) is 48.5 Å². The van der Waals surface area contributed by atoms with Crippen LogP contribution in [0.15, 0.2) is 48.5 Å². The van der Waals surface area contributed by atoms with Crippen molar-refractivity contribution in [2.75, 3.05) is 25.3 Å². The first-order valence-electron chi connectivity index (χ1n) is 7.30. The molecular weight excluding hydrogens is 356 g/mol. The van der Waals surface area contributed by atoms with Crippen LogP contribution in [0, 0.1) is 12.8 Å². The van der Waals surface area contributed by atoms with Crippen molar-refractivity contribution in [3.8, 4) is 12.8 Å². The fraction of sp³-hybridized carbons (Fsp3) is 0.389. The number of nitrogens with one attached hydrogen (secondary N) is 2. The molecule has 0 aromatic heterocycles. The quantitative estimate of drug-likeness (QED) is 0.218. The summed E-state index contributed by atoms with van der Waals surface area (Å²) in [5.74, 6) is 0.0184. The molecule has 0 amide bonds. The number of hydrogen-bond acceptors (Lipinski definition) is 7. The van der Waals surface area contributed by atoms with Crippen LogP contribution in [0.4, 0.5) is 0 Å². The molecule has 0 bridgehead atoms. The van der Waals surface area contributed by atoms with E-state index < -0.39 is 11.6 Å². The summed E-state index contributed by atoms with van der Waals surface area (Å²) in [5.41, 5.74) is -1.43. The highest BCUT2D eigenvalue weighted by Crippen LogP contribution is 2.22. The van der Waals surface area contributed by atoms with E-state index >= 15 is 0 Å². The second-order valence-electron chi connectivity index (χ2n) is 4.08. The summed E-state index contributed by atoms with van der Waals surface area (Å²) in [7, 11) is 1.29. The van der Waals surface area contributed by atoms with E-state index in [0.717, 1.165) is 0 Å². The molecule has 0 aliphatic carbocycles. The summed E-state index contributed by atoms with van der Waals surface area (Å²) in [5, 5.41) is 19.5. The molecule has 3 N–H and O–H groups in total. The molecule has 0 radical (unpaired) electrons. The summed E-state index contributed by atoms with van der Waals surface area (Å²) in [6, 6.07) is 0. The zero-order valence-electron chi connectivity index (χ0n) is 15.2. The van der Waals surface area contributed by atoms with E-state index in [2.05, 4.69) is 41.4 Å². The smallest absolute Gasteiger partial charge is 0.339 e. The highest BCUT2D eigenvalue weighted by molar-refractivity contribution is 8.03. The van der Waals surface area contributed by atoms with Gasteiger partial charge in [-0.2, -0.15) is 0 Å². The van der Waals surface area contributed by atoms with Gasteiger partial charge in [-0.05, 0) is 37.1 Å². The standard InChI is InChI=1S/C11H18O3S2.C5H10N2.C2H2/c1-4-6-15-8-11(13,10(12)14-3)9-16-7-5-2;1-3-6-5-7-4-2;1-2/h4-7,13H,8-9H2,1-3H3;3-4,6-7H,1-2,5H2;1-2H/b6-4-,7-5-;;. The molecular formula is C18H30N2O3S2. The van der Waals surface area contributed by atoms with E-state index in [1.807, 2.05) is 36.8 Å². The lowest BCUT2D eigenvalue weighted by atomic mass is 10.1. The van der Waals surface area contributed by atoms with Crippen molar-refractivity contribution in [1.82, 2.24) is 10.6 Å². The molecule has 0 atom stereocenters. The lowest BCUT2D eigenvalue weighted by Gasteiger charge is -2.23. The molecule has 0 fully saturated rings. The Hall–Kier alpha value is -1.75. The van der Waals surface area contributed by atoms with Crippen molar-refractivity contribution in [2.24, 2.45) is 0 Å². The summed E-state index contributed by atoms with van der Waals surface area (Å²) in [6.45, 7) is 11.4. The molecule has 0 saturated heterocycles. The van der Waals surface area contributed by atoms with Gasteiger partial charge in [0.15, 0.2) is 5.60 Å². The van der Waals surface area contributed by atoms with E-state index in [-0.39, 0.29) is 0 Å². The van der Waals surface area contributed by atoms with Crippen molar-refractivity contribution in [1.29, 1.82) is 0 Å². The van der Waals surface area contributed by atoms with E-state index in [1.165, 1.54) is 30.6 Å². The maximum absolute atomic E-state index is 11.5. The Balaban J connectivity index is -0.000000450. The Labute approximate surface area is 161 Å². The number of methoxy groups -OCH3 is 1. The van der Waals surface area contributed by atoms with E-state index in [4.69, 9.17) is 0 Å². The monoisotopic (exact) mass is 386 g/mol. The second kappa shape index (κ2) is 22.2. The average molecular weight is 387 g/mol. The molecule has 0 aliphatic heterocycles. The van der Waals surface area contributed by atoms with Crippen LogP contribution in [0.1, 0.15) is 13.8 Å². The van der Waals surface area contributed by atoms with Crippen molar-refractivity contribution >= 4 is 29.5 Å². The summed E-state index contributed by atoms with van der Waals surface area (Å²) in [4.78, 5) is 11.5. The van der Waals surface area contributed by atoms with Crippen LogP contribution >= 0.6 is 23.5 Å². The predicted molar refractivity (Wildman–Crippen MR) is 113 cm³/mol. The fourth-order valence-corrected chi connectivity index (χ4v) is 2.81. The number of allylic oxidation sites excluding steroid dienone is 2. The zero-order valence-corrected chi connectivity index (χ0v) is 16.9. The Kier molecular flexibility index (Phi) is 25.0. The van der Waals surface area contributed by atoms with Crippen LogP contribution < -0.4 is 10.6 Å². The minimum atomic E-state index is -1.43. The molecule has 7 heteroatoms.